The molecule has 5 heteroatoms. The van der Waals surface area contributed by atoms with Crippen LogP contribution < -0.4 is 9.47 Å². The molecule has 0 heterocycles. The lowest BCUT2D eigenvalue weighted by Crippen LogP contribution is -2.21. The normalized spacial score (nSPS) is 9.83. The van der Waals surface area contributed by atoms with E-state index in [-0.39, 0.29) is 17.1 Å². The SMILES string of the molecule is CC.CC.Cc1ccc(C(F)(F)Oc2ccc(OCF)cc2)cc1. The van der Waals surface area contributed by atoms with Crippen molar-refractivity contribution in [3.63, 3.8) is 0 Å². The van der Waals surface area contributed by atoms with Gasteiger partial charge in [-0.15, -0.1) is 0 Å². The molecule has 2 rings (SSSR count). The highest BCUT2D eigenvalue weighted by Gasteiger charge is 2.34. The third-order valence-corrected chi connectivity index (χ3v) is 2.68. The molecule has 0 aromatic heterocycles. The van der Waals surface area contributed by atoms with Crippen LogP contribution in [0.25, 0.3) is 0 Å². The highest BCUT2D eigenvalue weighted by molar-refractivity contribution is 5.32. The number of rotatable bonds is 5. The second-order valence-electron chi connectivity index (χ2n) is 4.21. The van der Waals surface area contributed by atoms with Crippen molar-refractivity contribution >= 4 is 0 Å². The fraction of sp³-hybridized carbons (Fsp3) is 0.368. The zero-order valence-corrected chi connectivity index (χ0v) is 14.8. The quantitative estimate of drug-likeness (QED) is 0.619. The number of ether oxygens (including phenoxy) is 2. The van der Waals surface area contributed by atoms with Gasteiger partial charge in [-0.25, -0.2) is 4.39 Å². The average Bonchev–Trinajstić information content (AvgIpc) is 2.61. The molecule has 0 radical (unpaired) electrons. The van der Waals surface area contributed by atoms with Crippen LogP contribution in [0.2, 0.25) is 0 Å². The summed E-state index contributed by atoms with van der Waals surface area (Å²) in [7, 11) is 0. The molecule has 134 valence electrons. The number of halogens is 3. The van der Waals surface area contributed by atoms with Crippen LogP contribution in [0.1, 0.15) is 38.8 Å². The minimum Gasteiger partial charge on any atom is -0.463 e. The van der Waals surface area contributed by atoms with Crippen molar-refractivity contribution in [2.75, 3.05) is 6.86 Å². The Kier molecular flexibility index (Phi) is 10.3. The van der Waals surface area contributed by atoms with E-state index in [9.17, 15) is 13.2 Å². The topological polar surface area (TPSA) is 18.5 Å². The summed E-state index contributed by atoms with van der Waals surface area (Å²) in [6.45, 7) is 8.84. The first-order valence-electron chi connectivity index (χ1n) is 7.94. The van der Waals surface area contributed by atoms with Crippen LogP contribution in [0.15, 0.2) is 48.5 Å². The van der Waals surface area contributed by atoms with Crippen molar-refractivity contribution < 1.29 is 22.6 Å². The molecule has 2 aromatic rings. The van der Waals surface area contributed by atoms with E-state index < -0.39 is 13.0 Å². The lowest BCUT2D eigenvalue weighted by Gasteiger charge is -2.18. The van der Waals surface area contributed by atoms with Crippen molar-refractivity contribution in [1.29, 1.82) is 0 Å². The molecule has 24 heavy (non-hydrogen) atoms. The molecule has 0 atom stereocenters. The molecule has 0 saturated heterocycles. The van der Waals surface area contributed by atoms with E-state index in [0.717, 1.165) is 5.56 Å². The van der Waals surface area contributed by atoms with Crippen molar-refractivity contribution in [2.24, 2.45) is 0 Å². The van der Waals surface area contributed by atoms with E-state index in [0.29, 0.717) is 0 Å². The summed E-state index contributed by atoms with van der Waals surface area (Å²) in [6.07, 6.45) is -3.43. The van der Waals surface area contributed by atoms with Gasteiger partial charge in [0.1, 0.15) is 11.5 Å². The van der Waals surface area contributed by atoms with Gasteiger partial charge in [0.15, 0.2) is 0 Å². The Bertz CT molecular complexity index is 552. The Labute approximate surface area is 142 Å². The maximum atomic E-state index is 13.9. The van der Waals surface area contributed by atoms with E-state index in [1.807, 2.05) is 34.6 Å². The first-order valence-corrected chi connectivity index (χ1v) is 7.94. The fourth-order valence-corrected chi connectivity index (χ4v) is 1.62. The van der Waals surface area contributed by atoms with Crippen LogP contribution in [0.5, 0.6) is 11.5 Å². The molecule has 0 aliphatic carbocycles. The van der Waals surface area contributed by atoms with Crippen LogP contribution >= 0.6 is 0 Å². The lowest BCUT2D eigenvalue weighted by molar-refractivity contribution is -0.185. The van der Waals surface area contributed by atoms with E-state index in [2.05, 4.69) is 9.47 Å². The lowest BCUT2D eigenvalue weighted by atomic mass is 10.1. The molecule has 0 fully saturated rings. The molecule has 0 unspecified atom stereocenters. The van der Waals surface area contributed by atoms with Crippen LogP contribution in [0, 0.1) is 6.92 Å². The first kappa shape index (κ1) is 21.8. The minimum absolute atomic E-state index is 0.0261. The Balaban J connectivity index is 0.00000123. The van der Waals surface area contributed by atoms with Crippen molar-refractivity contribution in [3.05, 3.63) is 59.7 Å². The number of aryl methyl sites for hydroxylation is 1. The largest absolute Gasteiger partial charge is 0.463 e. The maximum Gasteiger partial charge on any atom is 0.426 e. The van der Waals surface area contributed by atoms with E-state index in [1.54, 1.807) is 12.1 Å². The van der Waals surface area contributed by atoms with Crippen LogP contribution in [0.4, 0.5) is 13.2 Å². The molecule has 0 amide bonds. The summed E-state index contributed by atoms with van der Waals surface area (Å²) < 4.78 is 49.0. The summed E-state index contributed by atoms with van der Waals surface area (Å²) in [6, 6.07) is 11.1. The predicted octanol–water partition coefficient (Wildman–Crippen LogP) is 6.48. The van der Waals surface area contributed by atoms with Gasteiger partial charge in [0.25, 0.3) is 0 Å². The minimum atomic E-state index is -3.43. The van der Waals surface area contributed by atoms with Gasteiger partial charge >= 0.3 is 6.11 Å². The monoisotopic (exact) mass is 342 g/mol. The molecule has 2 nitrogen and oxygen atoms in total. The summed E-state index contributed by atoms with van der Waals surface area (Å²) >= 11 is 0. The zero-order valence-electron chi connectivity index (χ0n) is 14.8. The third-order valence-electron chi connectivity index (χ3n) is 2.68. The van der Waals surface area contributed by atoms with Crippen LogP contribution in [-0.2, 0) is 6.11 Å². The summed E-state index contributed by atoms with van der Waals surface area (Å²) in [5.41, 5.74) is 0.657. The van der Waals surface area contributed by atoms with Gasteiger partial charge in [0.05, 0.1) is 5.56 Å². The van der Waals surface area contributed by atoms with Gasteiger partial charge in [0.2, 0.25) is 6.86 Å². The van der Waals surface area contributed by atoms with Gasteiger partial charge in [-0.1, -0.05) is 45.4 Å². The van der Waals surface area contributed by atoms with Gasteiger partial charge < -0.3 is 9.47 Å². The molecular formula is C19H25F3O2. The zero-order chi connectivity index (χ0) is 18.6. The Morgan fingerprint density at radius 1 is 0.792 bits per heavy atom. The fourth-order valence-electron chi connectivity index (χ4n) is 1.62. The van der Waals surface area contributed by atoms with Crippen LogP contribution in [0.3, 0.4) is 0 Å². The predicted molar refractivity (Wildman–Crippen MR) is 91.4 cm³/mol. The smallest absolute Gasteiger partial charge is 0.426 e. The molecule has 0 bridgehead atoms. The summed E-state index contributed by atoms with van der Waals surface area (Å²) in [5.74, 6) is 0.222. The van der Waals surface area contributed by atoms with Crippen molar-refractivity contribution in [3.8, 4) is 11.5 Å². The van der Waals surface area contributed by atoms with Crippen molar-refractivity contribution in [2.45, 2.75) is 40.7 Å². The van der Waals surface area contributed by atoms with Gasteiger partial charge in [-0.05, 0) is 43.3 Å². The first-order chi connectivity index (χ1) is 11.5. The Morgan fingerprint density at radius 3 is 1.71 bits per heavy atom. The van der Waals surface area contributed by atoms with Gasteiger partial charge in [-0.2, -0.15) is 8.78 Å². The van der Waals surface area contributed by atoms with Crippen molar-refractivity contribution in [1.82, 2.24) is 0 Å². The van der Waals surface area contributed by atoms with E-state index >= 15 is 0 Å². The highest BCUT2D eigenvalue weighted by Crippen LogP contribution is 2.32. The number of benzene rings is 2. The molecular weight excluding hydrogens is 317 g/mol. The molecule has 0 aliphatic rings. The molecule has 2 aromatic carbocycles. The molecule has 0 aliphatic heterocycles. The van der Waals surface area contributed by atoms with Crippen LogP contribution in [-0.4, -0.2) is 6.86 Å². The van der Waals surface area contributed by atoms with E-state index in [4.69, 9.17) is 0 Å². The summed E-state index contributed by atoms with van der Waals surface area (Å²) in [4.78, 5) is 0. The maximum absolute atomic E-state index is 13.9. The molecule has 0 spiro atoms. The molecule has 0 saturated carbocycles. The van der Waals surface area contributed by atoms with Gasteiger partial charge in [0, 0.05) is 0 Å². The van der Waals surface area contributed by atoms with E-state index in [1.165, 1.54) is 36.4 Å². The molecule has 0 N–H and O–H groups in total. The summed E-state index contributed by atoms with van der Waals surface area (Å²) in [5, 5.41) is 0. The number of hydrogen-bond acceptors (Lipinski definition) is 2. The van der Waals surface area contributed by atoms with Gasteiger partial charge in [-0.3, -0.25) is 0 Å². The number of hydrogen-bond donors (Lipinski definition) is 0. The standard InChI is InChI=1S/C15H13F3O2.2C2H6/c1-11-2-4-12(5-3-11)15(17,18)20-14-8-6-13(7-9-14)19-10-16;2*1-2/h2-9H,10H2,1H3;2*1-2H3. The second kappa shape index (κ2) is 11.4. The number of alkyl halides is 3. The Morgan fingerprint density at radius 2 is 1.25 bits per heavy atom. The third kappa shape index (κ3) is 6.94. The average molecular weight is 342 g/mol. The second-order valence-corrected chi connectivity index (χ2v) is 4.21. The highest BCUT2D eigenvalue weighted by atomic mass is 19.3. The Hall–Kier alpha value is -2.17.